The van der Waals surface area contributed by atoms with E-state index in [0.29, 0.717) is 37.1 Å². The molecule has 1 aromatic rings. The van der Waals surface area contributed by atoms with Gasteiger partial charge in [-0.25, -0.2) is 4.79 Å². The molecule has 1 aromatic carbocycles. The molecule has 0 saturated heterocycles. The number of methoxy groups -OCH3 is 1. The number of amides is 1. The zero-order valence-corrected chi connectivity index (χ0v) is 24.6. The van der Waals surface area contributed by atoms with Crippen molar-refractivity contribution >= 4 is 11.9 Å². The molecule has 0 saturated carbocycles. The Hall–Kier alpha value is -2.12. The summed E-state index contributed by atoms with van der Waals surface area (Å²) in [6, 6.07) is 3.54. The van der Waals surface area contributed by atoms with Crippen molar-refractivity contribution in [2.75, 3.05) is 20.3 Å². The Labute approximate surface area is 224 Å². The average Bonchev–Trinajstić information content (AvgIpc) is 2.82. The molecule has 7 nitrogen and oxygen atoms in total. The third-order valence-corrected chi connectivity index (χ3v) is 7.10. The number of aliphatic hydroxyl groups excluding tert-OH is 1. The summed E-state index contributed by atoms with van der Waals surface area (Å²) in [6.45, 7) is 17.1. The molecule has 7 heteroatoms. The largest absolute Gasteiger partial charge is 0.496 e. The highest BCUT2D eigenvalue weighted by Gasteiger charge is 2.30. The maximum Gasteiger partial charge on any atom is 0.342 e. The first-order valence-corrected chi connectivity index (χ1v) is 13.9. The zero-order valence-electron chi connectivity index (χ0n) is 24.6. The van der Waals surface area contributed by atoms with Gasteiger partial charge >= 0.3 is 5.97 Å². The molecule has 1 rings (SSSR count). The van der Waals surface area contributed by atoms with Crippen LogP contribution in [0.1, 0.15) is 103 Å². The molecule has 1 amide bonds. The first-order chi connectivity index (χ1) is 17.3. The summed E-state index contributed by atoms with van der Waals surface area (Å²) in [6.07, 6.45) is 2.63. The molecule has 37 heavy (non-hydrogen) atoms. The molecule has 1 unspecified atom stereocenters. The van der Waals surface area contributed by atoms with Gasteiger partial charge in [-0.3, -0.25) is 4.79 Å². The Morgan fingerprint density at radius 2 is 1.76 bits per heavy atom. The number of nitrogens with one attached hydrogen (secondary N) is 1. The van der Waals surface area contributed by atoms with E-state index in [1.54, 1.807) is 14.0 Å². The fraction of sp³-hybridized carbons (Fsp3) is 0.733. The Bertz CT molecular complexity index is 862. The summed E-state index contributed by atoms with van der Waals surface area (Å²) in [7, 11) is 1.59. The normalized spacial score (nSPS) is 15.1. The molecule has 0 radical (unpaired) electrons. The summed E-state index contributed by atoms with van der Waals surface area (Å²) in [4.78, 5) is 25.4. The van der Waals surface area contributed by atoms with Crippen molar-refractivity contribution in [1.82, 2.24) is 5.32 Å². The minimum Gasteiger partial charge on any atom is -0.496 e. The van der Waals surface area contributed by atoms with E-state index in [1.165, 1.54) is 0 Å². The van der Waals surface area contributed by atoms with Crippen LogP contribution in [0.3, 0.4) is 0 Å². The molecule has 4 atom stereocenters. The Morgan fingerprint density at radius 3 is 2.27 bits per heavy atom. The first-order valence-electron chi connectivity index (χ1n) is 13.9. The summed E-state index contributed by atoms with van der Waals surface area (Å²) in [5, 5.41) is 13.8. The molecular weight excluding hydrogens is 468 g/mol. The van der Waals surface area contributed by atoms with Gasteiger partial charge < -0.3 is 25.6 Å². The lowest BCUT2D eigenvalue weighted by Gasteiger charge is -2.30. The average molecular weight is 521 g/mol. The fourth-order valence-corrected chi connectivity index (χ4v) is 4.61. The predicted octanol–water partition coefficient (Wildman–Crippen LogP) is 5.00. The van der Waals surface area contributed by atoms with Crippen molar-refractivity contribution in [1.29, 1.82) is 0 Å². The van der Waals surface area contributed by atoms with Crippen LogP contribution in [0, 0.1) is 17.8 Å². The van der Waals surface area contributed by atoms with Crippen molar-refractivity contribution in [3.05, 3.63) is 28.8 Å². The van der Waals surface area contributed by atoms with Crippen LogP contribution in [0.25, 0.3) is 0 Å². The fourth-order valence-electron chi connectivity index (χ4n) is 4.61. The number of unbranched alkanes of at least 4 members (excludes halogenated alkanes) is 1. The molecule has 0 heterocycles. The Kier molecular flexibility index (Phi) is 13.6. The Morgan fingerprint density at radius 1 is 1.11 bits per heavy atom. The molecule has 0 aliphatic heterocycles. The first kappa shape index (κ1) is 32.9. The third-order valence-electron chi connectivity index (χ3n) is 7.10. The zero-order chi connectivity index (χ0) is 28.3. The number of hydrogen-bond donors (Lipinski definition) is 3. The van der Waals surface area contributed by atoms with Crippen molar-refractivity contribution in [3.8, 4) is 5.75 Å². The van der Waals surface area contributed by atoms with Crippen LogP contribution in [0.4, 0.5) is 0 Å². The van der Waals surface area contributed by atoms with E-state index in [1.807, 2.05) is 19.1 Å². The lowest BCUT2D eigenvalue weighted by atomic mass is 9.79. The van der Waals surface area contributed by atoms with Gasteiger partial charge in [0, 0.05) is 24.1 Å². The molecule has 4 N–H and O–H groups in total. The number of hydrogen-bond acceptors (Lipinski definition) is 6. The van der Waals surface area contributed by atoms with Gasteiger partial charge in [0.05, 0.1) is 19.8 Å². The highest BCUT2D eigenvalue weighted by atomic mass is 16.5. The SMILES string of the molecule is CCCCNC(=O)C(C)C[C@H](O)[C@@H](N)C[C@H](Cc1ccc(C(C)(C)C)c(OC)c1C(=O)OCC)C(C)C. The standard InChI is InChI=1S/C30H52N2O5/c1-10-12-15-32-28(34)20(5)16-25(33)24(31)18-22(19(3)4)17-21-13-14-23(30(6,7)8)27(36-9)26(21)29(35)37-11-2/h13-14,19-20,22,24-25,33H,10-12,15-18,31H2,1-9H3,(H,32,34)/t20?,22-,24-,25-/m0/s1. The van der Waals surface area contributed by atoms with E-state index in [-0.39, 0.29) is 35.7 Å². The smallest absolute Gasteiger partial charge is 0.342 e. The lowest BCUT2D eigenvalue weighted by molar-refractivity contribution is -0.125. The van der Waals surface area contributed by atoms with Crippen LogP contribution in [0.15, 0.2) is 12.1 Å². The second-order valence-electron chi connectivity index (χ2n) is 11.6. The highest BCUT2D eigenvalue weighted by molar-refractivity contribution is 5.95. The molecule has 0 bridgehead atoms. The summed E-state index contributed by atoms with van der Waals surface area (Å²) in [5.74, 6) is 0.159. The van der Waals surface area contributed by atoms with E-state index in [4.69, 9.17) is 15.2 Å². The number of nitrogens with two attached hydrogens (primary N) is 1. The molecule has 0 aliphatic carbocycles. The van der Waals surface area contributed by atoms with Gasteiger partial charge in [-0.15, -0.1) is 0 Å². The minimum atomic E-state index is -0.796. The number of aliphatic hydroxyl groups is 1. The highest BCUT2D eigenvalue weighted by Crippen LogP contribution is 2.38. The quantitative estimate of drug-likeness (QED) is 0.222. The van der Waals surface area contributed by atoms with Gasteiger partial charge in [-0.2, -0.15) is 0 Å². The van der Waals surface area contributed by atoms with Gasteiger partial charge in [0.1, 0.15) is 11.3 Å². The third kappa shape index (κ3) is 9.93. The number of carbonyl (C=O) groups excluding carboxylic acids is 2. The van der Waals surface area contributed by atoms with Gasteiger partial charge in [0.15, 0.2) is 0 Å². The number of esters is 1. The van der Waals surface area contributed by atoms with Gasteiger partial charge in [-0.05, 0) is 55.4 Å². The van der Waals surface area contributed by atoms with Crippen molar-refractivity contribution in [2.45, 2.75) is 105 Å². The molecule has 212 valence electrons. The van der Waals surface area contributed by atoms with Crippen LogP contribution in [0.5, 0.6) is 5.75 Å². The van der Waals surface area contributed by atoms with Gasteiger partial charge in [-0.1, -0.05) is 67.0 Å². The maximum absolute atomic E-state index is 13.1. The molecule has 0 aromatic heterocycles. The lowest BCUT2D eigenvalue weighted by Crippen LogP contribution is -2.41. The minimum absolute atomic E-state index is 0.0507. The topological polar surface area (TPSA) is 111 Å². The van der Waals surface area contributed by atoms with Crippen LogP contribution in [0.2, 0.25) is 0 Å². The number of carbonyl (C=O) groups is 2. The number of rotatable bonds is 15. The second-order valence-corrected chi connectivity index (χ2v) is 11.6. The van der Waals surface area contributed by atoms with E-state index >= 15 is 0 Å². The molecule has 0 spiro atoms. The summed E-state index contributed by atoms with van der Waals surface area (Å²) >= 11 is 0. The van der Waals surface area contributed by atoms with Crippen LogP contribution in [-0.4, -0.2) is 49.4 Å². The van der Waals surface area contributed by atoms with Gasteiger partial charge in [0.25, 0.3) is 0 Å². The summed E-state index contributed by atoms with van der Waals surface area (Å²) in [5.41, 5.74) is 8.52. The second kappa shape index (κ2) is 15.3. The van der Waals surface area contributed by atoms with Crippen molar-refractivity contribution < 1.29 is 24.2 Å². The van der Waals surface area contributed by atoms with E-state index in [0.717, 1.165) is 24.0 Å². The van der Waals surface area contributed by atoms with Crippen molar-refractivity contribution in [2.24, 2.45) is 23.5 Å². The van der Waals surface area contributed by atoms with E-state index in [2.05, 4.69) is 46.9 Å². The van der Waals surface area contributed by atoms with E-state index < -0.39 is 18.1 Å². The summed E-state index contributed by atoms with van der Waals surface area (Å²) < 4.78 is 11.2. The number of benzene rings is 1. The predicted molar refractivity (Wildman–Crippen MR) is 150 cm³/mol. The van der Waals surface area contributed by atoms with E-state index in [9.17, 15) is 14.7 Å². The van der Waals surface area contributed by atoms with Crippen LogP contribution >= 0.6 is 0 Å². The molecule has 0 aliphatic rings. The molecular formula is C30H52N2O5. The van der Waals surface area contributed by atoms with Gasteiger partial charge in [0.2, 0.25) is 5.91 Å². The maximum atomic E-state index is 13.1. The van der Waals surface area contributed by atoms with Crippen molar-refractivity contribution in [3.63, 3.8) is 0 Å². The van der Waals surface area contributed by atoms with Crippen LogP contribution in [-0.2, 0) is 21.4 Å². The number of ether oxygens (including phenoxy) is 2. The molecule has 0 fully saturated rings. The monoisotopic (exact) mass is 520 g/mol. The Balaban J connectivity index is 3.14. The van der Waals surface area contributed by atoms with Crippen LogP contribution < -0.4 is 15.8 Å².